The smallest absolute Gasteiger partial charge is 0.226 e. The second kappa shape index (κ2) is 5.46. The van der Waals surface area contributed by atoms with E-state index in [1.807, 2.05) is 17.8 Å². The van der Waals surface area contributed by atoms with Crippen LogP contribution in [0.5, 0.6) is 5.88 Å². The van der Waals surface area contributed by atoms with Crippen LogP contribution >= 0.6 is 0 Å². The van der Waals surface area contributed by atoms with E-state index in [0.717, 1.165) is 12.2 Å². The summed E-state index contributed by atoms with van der Waals surface area (Å²) in [5.74, 6) is 1.98. The summed E-state index contributed by atoms with van der Waals surface area (Å²) in [6.07, 6.45) is 6.15. The molecule has 1 saturated heterocycles. The SMILES string of the molecule is COc1ccnc(N[C@H]2CCO[C@@H]2c2nccn2C)n1. The summed E-state index contributed by atoms with van der Waals surface area (Å²) in [4.78, 5) is 12.8. The van der Waals surface area contributed by atoms with E-state index >= 15 is 0 Å². The number of nitrogens with zero attached hydrogens (tertiary/aromatic N) is 4. The quantitative estimate of drug-likeness (QED) is 0.902. The third-order valence-electron chi connectivity index (χ3n) is 3.36. The molecule has 1 aliphatic heterocycles. The zero-order chi connectivity index (χ0) is 13.9. The first kappa shape index (κ1) is 12.9. The van der Waals surface area contributed by atoms with Gasteiger partial charge in [0.15, 0.2) is 0 Å². The van der Waals surface area contributed by atoms with Gasteiger partial charge in [-0.1, -0.05) is 0 Å². The van der Waals surface area contributed by atoms with Crippen LogP contribution in [-0.4, -0.2) is 39.3 Å². The fourth-order valence-electron chi connectivity index (χ4n) is 2.33. The predicted molar refractivity (Wildman–Crippen MR) is 72.5 cm³/mol. The molecule has 20 heavy (non-hydrogen) atoms. The number of rotatable bonds is 4. The summed E-state index contributed by atoms with van der Waals surface area (Å²) in [6, 6.07) is 1.82. The molecule has 3 heterocycles. The molecule has 2 atom stereocenters. The van der Waals surface area contributed by atoms with E-state index in [0.29, 0.717) is 18.4 Å². The number of hydrogen-bond acceptors (Lipinski definition) is 6. The molecule has 0 aromatic carbocycles. The minimum Gasteiger partial charge on any atom is -0.481 e. The van der Waals surface area contributed by atoms with Gasteiger partial charge in [0, 0.05) is 38.3 Å². The van der Waals surface area contributed by atoms with Crippen molar-refractivity contribution >= 4 is 5.95 Å². The summed E-state index contributed by atoms with van der Waals surface area (Å²) in [5.41, 5.74) is 0. The Hall–Kier alpha value is -2.15. The zero-order valence-corrected chi connectivity index (χ0v) is 11.5. The molecular formula is C13H17N5O2. The maximum Gasteiger partial charge on any atom is 0.226 e. The average Bonchev–Trinajstić information content (AvgIpc) is 3.07. The van der Waals surface area contributed by atoms with Crippen molar-refractivity contribution in [3.05, 3.63) is 30.5 Å². The molecule has 2 aromatic rings. The number of aryl methyl sites for hydroxylation is 1. The van der Waals surface area contributed by atoms with E-state index in [9.17, 15) is 0 Å². The molecule has 0 bridgehead atoms. The molecule has 1 N–H and O–H groups in total. The van der Waals surface area contributed by atoms with Gasteiger partial charge in [-0.05, 0) is 6.42 Å². The number of ether oxygens (including phenoxy) is 2. The van der Waals surface area contributed by atoms with Crippen LogP contribution < -0.4 is 10.1 Å². The minimum atomic E-state index is -0.0928. The maximum absolute atomic E-state index is 5.79. The summed E-state index contributed by atoms with van der Waals surface area (Å²) in [6.45, 7) is 0.694. The Morgan fingerprint density at radius 1 is 1.40 bits per heavy atom. The second-order valence-corrected chi connectivity index (χ2v) is 4.65. The zero-order valence-electron chi connectivity index (χ0n) is 11.5. The number of nitrogens with one attached hydrogen (secondary N) is 1. The molecule has 1 aliphatic rings. The Bertz CT molecular complexity index is 586. The summed E-state index contributed by atoms with van der Waals surface area (Å²) < 4.78 is 12.9. The minimum absolute atomic E-state index is 0.0928. The van der Waals surface area contributed by atoms with Gasteiger partial charge in [0.25, 0.3) is 0 Å². The number of hydrogen-bond donors (Lipinski definition) is 1. The lowest BCUT2D eigenvalue weighted by molar-refractivity contribution is 0.0982. The highest BCUT2D eigenvalue weighted by Crippen LogP contribution is 2.29. The maximum atomic E-state index is 5.79. The summed E-state index contributed by atoms with van der Waals surface area (Å²) in [5, 5.41) is 3.30. The fourth-order valence-corrected chi connectivity index (χ4v) is 2.33. The normalized spacial score (nSPS) is 21.9. The Morgan fingerprint density at radius 2 is 2.30 bits per heavy atom. The van der Waals surface area contributed by atoms with Crippen LogP contribution in [0.2, 0.25) is 0 Å². The molecule has 0 saturated carbocycles. The molecule has 0 spiro atoms. The molecule has 0 radical (unpaired) electrons. The molecule has 7 nitrogen and oxygen atoms in total. The summed E-state index contributed by atoms with van der Waals surface area (Å²) in [7, 11) is 3.55. The Balaban J connectivity index is 1.77. The van der Waals surface area contributed by atoms with E-state index in [1.165, 1.54) is 0 Å². The van der Waals surface area contributed by atoms with E-state index in [4.69, 9.17) is 9.47 Å². The molecule has 0 amide bonds. The molecular weight excluding hydrogens is 258 g/mol. The Kier molecular flexibility index (Phi) is 3.51. The lowest BCUT2D eigenvalue weighted by Crippen LogP contribution is -2.26. The van der Waals surface area contributed by atoms with Gasteiger partial charge in [0.1, 0.15) is 11.9 Å². The van der Waals surface area contributed by atoms with Crippen LogP contribution in [0.15, 0.2) is 24.7 Å². The molecule has 3 rings (SSSR count). The van der Waals surface area contributed by atoms with Crippen molar-refractivity contribution in [1.29, 1.82) is 0 Å². The van der Waals surface area contributed by atoms with E-state index < -0.39 is 0 Å². The van der Waals surface area contributed by atoms with Gasteiger partial charge in [-0.2, -0.15) is 4.98 Å². The highest BCUT2D eigenvalue weighted by molar-refractivity contribution is 5.30. The van der Waals surface area contributed by atoms with Crippen LogP contribution in [0, 0.1) is 0 Å². The lowest BCUT2D eigenvalue weighted by Gasteiger charge is -2.19. The highest BCUT2D eigenvalue weighted by atomic mass is 16.5. The molecule has 0 aliphatic carbocycles. The van der Waals surface area contributed by atoms with Crippen LogP contribution in [0.3, 0.4) is 0 Å². The van der Waals surface area contributed by atoms with Crippen LogP contribution in [0.4, 0.5) is 5.95 Å². The van der Waals surface area contributed by atoms with Crippen molar-refractivity contribution in [3.63, 3.8) is 0 Å². The van der Waals surface area contributed by atoms with Crippen LogP contribution in [0.25, 0.3) is 0 Å². The first-order valence-electron chi connectivity index (χ1n) is 6.50. The Labute approximate surface area is 117 Å². The average molecular weight is 275 g/mol. The largest absolute Gasteiger partial charge is 0.481 e. The van der Waals surface area contributed by atoms with Crippen molar-refractivity contribution in [2.24, 2.45) is 7.05 Å². The van der Waals surface area contributed by atoms with E-state index in [2.05, 4.69) is 20.3 Å². The topological polar surface area (TPSA) is 74.1 Å². The first-order chi connectivity index (χ1) is 9.78. The van der Waals surface area contributed by atoms with Crippen molar-refractivity contribution < 1.29 is 9.47 Å². The van der Waals surface area contributed by atoms with Crippen molar-refractivity contribution in [1.82, 2.24) is 19.5 Å². The first-order valence-corrected chi connectivity index (χ1v) is 6.50. The van der Waals surface area contributed by atoms with Gasteiger partial charge < -0.3 is 19.4 Å². The van der Waals surface area contributed by atoms with Gasteiger partial charge in [-0.15, -0.1) is 0 Å². The highest BCUT2D eigenvalue weighted by Gasteiger charge is 2.32. The van der Waals surface area contributed by atoms with Crippen molar-refractivity contribution in [2.45, 2.75) is 18.6 Å². The fraction of sp³-hybridized carbons (Fsp3) is 0.462. The van der Waals surface area contributed by atoms with Gasteiger partial charge >= 0.3 is 0 Å². The van der Waals surface area contributed by atoms with Crippen molar-refractivity contribution in [2.75, 3.05) is 19.0 Å². The standard InChI is InChI=1S/C13H17N5O2/c1-18-7-6-14-12(18)11-9(4-8-20-11)16-13-15-5-3-10(17-13)19-2/h3,5-7,9,11H,4,8H2,1-2H3,(H,15,16,17)/t9-,11-/m0/s1. The number of anilines is 1. The van der Waals surface area contributed by atoms with E-state index in [-0.39, 0.29) is 12.1 Å². The summed E-state index contributed by atoms with van der Waals surface area (Å²) >= 11 is 0. The van der Waals surface area contributed by atoms with Gasteiger partial charge in [-0.25, -0.2) is 9.97 Å². The monoisotopic (exact) mass is 275 g/mol. The van der Waals surface area contributed by atoms with Gasteiger partial charge in [0.05, 0.1) is 13.2 Å². The number of imidazole rings is 1. The van der Waals surface area contributed by atoms with Gasteiger partial charge in [0.2, 0.25) is 11.8 Å². The number of aromatic nitrogens is 4. The van der Waals surface area contributed by atoms with E-state index in [1.54, 1.807) is 25.6 Å². The third kappa shape index (κ3) is 2.44. The molecule has 2 aromatic heterocycles. The predicted octanol–water partition coefficient (Wildman–Crippen LogP) is 1.16. The van der Waals surface area contributed by atoms with Crippen LogP contribution in [-0.2, 0) is 11.8 Å². The van der Waals surface area contributed by atoms with Crippen molar-refractivity contribution in [3.8, 4) is 5.88 Å². The molecule has 106 valence electrons. The number of methoxy groups -OCH3 is 1. The molecule has 7 heteroatoms. The van der Waals surface area contributed by atoms with Crippen LogP contribution in [0.1, 0.15) is 18.3 Å². The van der Waals surface area contributed by atoms with Gasteiger partial charge in [-0.3, -0.25) is 0 Å². The second-order valence-electron chi connectivity index (χ2n) is 4.65. The molecule has 1 fully saturated rings. The lowest BCUT2D eigenvalue weighted by atomic mass is 10.1. The third-order valence-corrected chi connectivity index (χ3v) is 3.36. The molecule has 0 unspecified atom stereocenters. The Morgan fingerprint density at radius 3 is 3.05 bits per heavy atom.